The zero-order valence-corrected chi connectivity index (χ0v) is 18.6. The van der Waals surface area contributed by atoms with Crippen LogP contribution in [0.1, 0.15) is 31.4 Å². The number of nitrogens with zero attached hydrogens (tertiary/aromatic N) is 3. The maximum atomic E-state index is 12.4. The van der Waals surface area contributed by atoms with E-state index in [1.807, 2.05) is 29.2 Å². The molecule has 2 unspecified atom stereocenters. The molecule has 0 bridgehead atoms. The van der Waals surface area contributed by atoms with E-state index in [4.69, 9.17) is 4.74 Å². The molecule has 0 aliphatic carbocycles. The van der Waals surface area contributed by atoms with Crippen LogP contribution in [0.3, 0.4) is 0 Å². The Morgan fingerprint density at radius 1 is 1.30 bits per heavy atom. The summed E-state index contributed by atoms with van der Waals surface area (Å²) in [6.07, 6.45) is 1.27. The van der Waals surface area contributed by atoms with Gasteiger partial charge < -0.3 is 19.9 Å². The van der Waals surface area contributed by atoms with E-state index in [1.54, 1.807) is 21.0 Å². The van der Waals surface area contributed by atoms with E-state index in [0.717, 1.165) is 17.7 Å². The largest absolute Gasteiger partial charge is 0.493 e. The molecule has 0 spiro atoms. The van der Waals surface area contributed by atoms with Gasteiger partial charge >= 0.3 is 0 Å². The highest BCUT2D eigenvalue weighted by molar-refractivity contribution is 7.90. The highest BCUT2D eigenvalue weighted by atomic mass is 32.2. The van der Waals surface area contributed by atoms with Gasteiger partial charge in [0.2, 0.25) is 15.9 Å². The summed E-state index contributed by atoms with van der Waals surface area (Å²) >= 11 is 0. The van der Waals surface area contributed by atoms with E-state index in [-0.39, 0.29) is 18.5 Å². The van der Waals surface area contributed by atoms with Gasteiger partial charge in [0.25, 0.3) is 0 Å². The average Bonchev–Trinajstić information content (AvgIpc) is 3.22. The van der Waals surface area contributed by atoms with E-state index in [1.165, 1.54) is 4.90 Å². The second-order valence-electron chi connectivity index (χ2n) is 7.70. The van der Waals surface area contributed by atoms with Crippen molar-refractivity contribution >= 4 is 21.9 Å². The summed E-state index contributed by atoms with van der Waals surface area (Å²) in [7, 11) is 0.00552. The monoisotopic (exact) mass is 437 g/mol. The standard InChI is InChI=1S/C20H31N5O4S/c1-4-22-30(27,28)15-9-11-25(14-15)20(21-13-19(26)24(2)3)23-17-10-12-29-18-8-6-5-7-16(17)18/h5-8,15,17,22H,4,9-14H2,1-3H3,(H,21,23). The number of sulfonamides is 1. The lowest BCUT2D eigenvalue weighted by Crippen LogP contribution is -2.45. The molecule has 2 N–H and O–H groups in total. The van der Waals surface area contributed by atoms with Crippen LogP contribution in [0, 0.1) is 0 Å². The third-order valence-corrected chi connectivity index (χ3v) is 7.31. The van der Waals surface area contributed by atoms with Gasteiger partial charge in [-0.25, -0.2) is 18.1 Å². The molecule has 9 nitrogen and oxygen atoms in total. The molecule has 1 aromatic carbocycles. The highest BCUT2D eigenvalue weighted by Gasteiger charge is 2.35. The number of guanidine groups is 1. The van der Waals surface area contributed by atoms with Crippen molar-refractivity contribution in [3.63, 3.8) is 0 Å². The lowest BCUT2D eigenvalue weighted by Gasteiger charge is -2.31. The summed E-state index contributed by atoms with van der Waals surface area (Å²) in [5, 5.41) is 2.96. The summed E-state index contributed by atoms with van der Waals surface area (Å²) in [6.45, 7) is 3.62. The number of nitrogens with one attached hydrogen (secondary N) is 2. The molecule has 1 aromatic rings. The number of carbonyl (C=O) groups excluding carboxylic acids is 1. The molecular weight excluding hydrogens is 406 g/mol. The fourth-order valence-corrected chi connectivity index (χ4v) is 5.09. The SMILES string of the molecule is CCNS(=O)(=O)C1CCN(C(=NCC(=O)N(C)C)NC2CCOc3ccccc32)C1. The van der Waals surface area contributed by atoms with Gasteiger partial charge in [0, 0.05) is 45.7 Å². The smallest absolute Gasteiger partial charge is 0.243 e. The first-order chi connectivity index (χ1) is 14.3. The molecule has 2 aliphatic heterocycles. The van der Waals surface area contributed by atoms with Gasteiger partial charge in [-0.3, -0.25) is 4.79 Å². The predicted molar refractivity (Wildman–Crippen MR) is 116 cm³/mol. The van der Waals surface area contributed by atoms with Gasteiger partial charge in [-0.05, 0) is 12.5 Å². The van der Waals surface area contributed by atoms with Gasteiger partial charge in [0.15, 0.2) is 5.96 Å². The number of benzene rings is 1. The van der Waals surface area contributed by atoms with Crippen molar-refractivity contribution in [1.29, 1.82) is 0 Å². The molecule has 1 saturated heterocycles. The molecule has 2 aliphatic rings. The lowest BCUT2D eigenvalue weighted by molar-refractivity contribution is -0.127. The summed E-state index contributed by atoms with van der Waals surface area (Å²) in [6, 6.07) is 7.82. The van der Waals surface area contributed by atoms with E-state index < -0.39 is 15.3 Å². The van der Waals surface area contributed by atoms with Crippen LogP contribution in [-0.4, -0.2) is 82.2 Å². The Labute approximate surface area is 178 Å². The molecule has 0 aromatic heterocycles. The Bertz CT molecular complexity index is 887. The van der Waals surface area contributed by atoms with Crippen LogP contribution in [0.5, 0.6) is 5.75 Å². The molecule has 10 heteroatoms. The fraction of sp³-hybridized carbons (Fsp3) is 0.600. The second kappa shape index (κ2) is 9.65. The van der Waals surface area contributed by atoms with E-state index in [0.29, 0.717) is 38.6 Å². The molecule has 0 saturated carbocycles. The van der Waals surface area contributed by atoms with Crippen molar-refractivity contribution < 1.29 is 17.9 Å². The van der Waals surface area contributed by atoms with Crippen LogP contribution >= 0.6 is 0 Å². The van der Waals surface area contributed by atoms with Crippen LogP contribution < -0.4 is 14.8 Å². The molecule has 166 valence electrons. The number of likely N-dealkylation sites (tertiary alicyclic amines) is 1. The zero-order chi connectivity index (χ0) is 21.7. The number of aliphatic imine (C=N–C) groups is 1. The number of para-hydroxylation sites is 1. The topological polar surface area (TPSA) is 103 Å². The number of amides is 1. The van der Waals surface area contributed by atoms with E-state index >= 15 is 0 Å². The molecule has 0 radical (unpaired) electrons. The molecule has 2 atom stereocenters. The summed E-state index contributed by atoms with van der Waals surface area (Å²) in [4.78, 5) is 20.1. The van der Waals surface area contributed by atoms with Crippen molar-refractivity contribution in [2.45, 2.75) is 31.1 Å². The maximum Gasteiger partial charge on any atom is 0.243 e. The Morgan fingerprint density at radius 3 is 2.80 bits per heavy atom. The Balaban J connectivity index is 1.80. The first-order valence-corrected chi connectivity index (χ1v) is 11.8. The number of rotatable bonds is 6. The number of carbonyl (C=O) groups is 1. The molecule has 3 rings (SSSR count). The summed E-state index contributed by atoms with van der Waals surface area (Å²) in [5.74, 6) is 1.28. The van der Waals surface area contributed by atoms with Gasteiger partial charge in [-0.2, -0.15) is 0 Å². The van der Waals surface area contributed by atoms with Gasteiger partial charge in [-0.1, -0.05) is 25.1 Å². The van der Waals surface area contributed by atoms with Crippen LogP contribution in [0.15, 0.2) is 29.3 Å². The van der Waals surface area contributed by atoms with Crippen molar-refractivity contribution in [2.24, 2.45) is 4.99 Å². The molecule has 1 amide bonds. The molecular formula is C20H31N5O4S. The maximum absolute atomic E-state index is 12.4. The van der Waals surface area contributed by atoms with Gasteiger partial charge in [0.05, 0.1) is 17.9 Å². The minimum Gasteiger partial charge on any atom is -0.493 e. The number of hydrogen-bond acceptors (Lipinski definition) is 5. The number of ether oxygens (including phenoxy) is 1. The van der Waals surface area contributed by atoms with Crippen LogP contribution in [-0.2, 0) is 14.8 Å². The minimum atomic E-state index is -3.37. The van der Waals surface area contributed by atoms with Gasteiger partial charge in [0.1, 0.15) is 12.3 Å². The predicted octanol–water partition coefficient (Wildman–Crippen LogP) is 0.558. The minimum absolute atomic E-state index is 0.00132. The Hall–Kier alpha value is -2.33. The van der Waals surface area contributed by atoms with Crippen LogP contribution in [0.4, 0.5) is 0 Å². The van der Waals surface area contributed by atoms with E-state index in [2.05, 4.69) is 15.0 Å². The van der Waals surface area contributed by atoms with Crippen molar-refractivity contribution in [3.8, 4) is 5.75 Å². The van der Waals surface area contributed by atoms with Gasteiger partial charge in [-0.15, -0.1) is 0 Å². The van der Waals surface area contributed by atoms with E-state index in [9.17, 15) is 13.2 Å². The van der Waals surface area contributed by atoms with Crippen LogP contribution in [0.2, 0.25) is 0 Å². The third kappa shape index (κ3) is 5.23. The quantitative estimate of drug-likeness (QED) is 0.498. The number of likely N-dealkylation sites (N-methyl/N-ethyl adjacent to an activating group) is 1. The van der Waals surface area contributed by atoms with Crippen LogP contribution in [0.25, 0.3) is 0 Å². The lowest BCUT2D eigenvalue weighted by atomic mass is 10.0. The fourth-order valence-electron chi connectivity index (χ4n) is 3.66. The number of hydrogen-bond donors (Lipinski definition) is 2. The Morgan fingerprint density at radius 2 is 2.07 bits per heavy atom. The molecule has 1 fully saturated rings. The first kappa shape index (κ1) is 22.4. The molecule has 30 heavy (non-hydrogen) atoms. The number of fused-ring (bicyclic) bond motifs is 1. The second-order valence-corrected chi connectivity index (χ2v) is 9.74. The van der Waals surface area contributed by atoms with Crippen molar-refractivity contribution in [2.75, 3.05) is 46.9 Å². The highest BCUT2D eigenvalue weighted by Crippen LogP contribution is 2.32. The summed E-state index contributed by atoms with van der Waals surface area (Å²) in [5.41, 5.74) is 1.03. The average molecular weight is 438 g/mol. The Kier molecular flexibility index (Phi) is 7.19. The van der Waals surface area contributed by atoms with Crippen molar-refractivity contribution in [3.05, 3.63) is 29.8 Å². The zero-order valence-electron chi connectivity index (χ0n) is 17.8. The molecule has 2 heterocycles. The first-order valence-electron chi connectivity index (χ1n) is 10.3. The normalized spacial score (nSPS) is 21.7. The van der Waals surface area contributed by atoms with Crippen molar-refractivity contribution in [1.82, 2.24) is 19.8 Å². The third-order valence-electron chi connectivity index (χ3n) is 5.35. The summed E-state index contributed by atoms with van der Waals surface area (Å²) < 4.78 is 33.2.